The predicted molar refractivity (Wildman–Crippen MR) is 120 cm³/mol. The monoisotopic (exact) mass is 404 g/mol. The lowest BCUT2D eigenvalue weighted by Crippen LogP contribution is -2.48. The second-order valence-electron chi connectivity index (χ2n) is 8.87. The van der Waals surface area contributed by atoms with Crippen LogP contribution in [0.15, 0.2) is 54.7 Å². The van der Waals surface area contributed by atoms with E-state index in [1.807, 2.05) is 45.2 Å². The molecule has 3 aromatic rings. The lowest BCUT2D eigenvalue weighted by atomic mass is 9.97. The van der Waals surface area contributed by atoms with Crippen LogP contribution in [0.2, 0.25) is 0 Å². The van der Waals surface area contributed by atoms with E-state index >= 15 is 0 Å². The summed E-state index contributed by atoms with van der Waals surface area (Å²) < 4.78 is 5.28. The van der Waals surface area contributed by atoms with E-state index in [-0.39, 0.29) is 11.6 Å². The van der Waals surface area contributed by atoms with Gasteiger partial charge in [-0.2, -0.15) is 0 Å². The number of nitrogens with zero attached hydrogens (tertiary/aromatic N) is 3. The molecule has 6 nitrogen and oxygen atoms in total. The first-order valence-electron chi connectivity index (χ1n) is 10.4. The van der Waals surface area contributed by atoms with Crippen LogP contribution in [0.3, 0.4) is 0 Å². The number of carbonyl (C=O) groups excluding carboxylic acids is 1. The zero-order chi connectivity index (χ0) is 21.1. The molecule has 2 heterocycles. The summed E-state index contributed by atoms with van der Waals surface area (Å²) in [5.41, 5.74) is 1.74. The number of alkyl carbamates (subject to hydrolysis) is 1. The third-order valence-corrected chi connectivity index (χ3v) is 5.16. The molecular formula is C24H28N4O2. The van der Waals surface area contributed by atoms with Crippen LogP contribution in [0.25, 0.3) is 22.0 Å². The van der Waals surface area contributed by atoms with Crippen LogP contribution in [0, 0.1) is 5.92 Å². The van der Waals surface area contributed by atoms with E-state index in [9.17, 15) is 4.79 Å². The number of aromatic nitrogens is 2. The van der Waals surface area contributed by atoms with Crippen molar-refractivity contribution in [1.29, 1.82) is 0 Å². The molecule has 1 amide bonds. The first-order valence-corrected chi connectivity index (χ1v) is 10.4. The highest BCUT2D eigenvalue weighted by Gasteiger charge is 2.29. The number of benzene rings is 2. The molecule has 0 bridgehead atoms. The van der Waals surface area contributed by atoms with Crippen molar-refractivity contribution < 1.29 is 9.53 Å². The summed E-state index contributed by atoms with van der Waals surface area (Å²) in [6, 6.07) is 16.7. The molecule has 0 spiro atoms. The van der Waals surface area contributed by atoms with Gasteiger partial charge in [0.25, 0.3) is 0 Å². The van der Waals surface area contributed by atoms with Crippen molar-refractivity contribution in [3.05, 3.63) is 54.7 Å². The Morgan fingerprint density at radius 1 is 1.13 bits per heavy atom. The molecule has 1 fully saturated rings. The van der Waals surface area contributed by atoms with E-state index in [0.717, 1.165) is 36.7 Å². The highest BCUT2D eigenvalue weighted by Crippen LogP contribution is 2.27. The van der Waals surface area contributed by atoms with Gasteiger partial charge in [-0.1, -0.05) is 36.4 Å². The van der Waals surface area contributed by atoms with Crippen LogP contribution < -0.4 is 10.2 Å². The normalized spacial score (nSPS) is 14.4. The lowest BCUT2D eigenvalue weighted by molar-refractivity contribution is 0.128. The molecule has 0 aliphatic carbocycles. The zero-order valence-electron chi connectivity index (χ0n) is 17.8. The smallest absolute Gasteiger partial charge is 0.407 e. The van der Waals surface area contributed by atoms with Crippen LogP contribution in [0.5, 0.6) is 0 Å². The minimum atomic E-state index is -0.356. The van der Waals surface area contributed by atoms with Crippen LogP contribution in [-0.2, 0) is 4.74 Å². The third kappa shape index (κ3) is 4.87. The summed E-state index contributed by atoms with van der Waals surface area (Å²) in [5.74, 6) is 1.24. The first kappa shape index (κ1) is 20.1. The molecule has 1 aromatic heterocycles. The number of amides is 1. The van der Waals surface area contributed by atoms with Crippen LogP contribution >= 0.6 is 0 Å². The van der Waals surface area contributed by atoms with Crippen molar-refractivity contribution in [1.82, 2.24) is 15.3 Å². The van der Waals surface area contributed by atoms with E-state index in [2.05, 4.69) is 45.5 Å². The summed E-state index contributed by atoms with van der Waals surface area (Å²) in [6.07, 6.45) is 2.31. The van der Waals surface area contributed by atoms with Gasteiger partial charge in [0, 0.05) is 30.4 Å². The van der Waals surface area contributed by atoms with E-state index in [4.69, 9.17) is 9.72 Å². The summed E-state index contributed by atoms with van der Waals surface area (Å²) in [6.45, 7) is 7.99. The number of fused-ring (bicyclic) bond motifs is 1. The molecule has 30 heavy (non-hydrogen) atoms. The number of ether oxygens (including phenoxy) is 1. The summed E-state index contributed by atoms with van der Waals surface area (Å²) in [5, 5.41) is 5.23. The van der Waals surface area contributed by atoms with Gasteiger partial charge in [0.15, 0.2) is 0 Å². The molecule has 0 atom stereocenters. The lowest BCUT2D eigenvalue weighted by Gasteiger charge is -2.39. The fraction of sp³-hybridized carbons (Fsp3) is 0.375. The maximum absolute atomic E-state index is 11.7. The maximum atomic E-state index is 11.7. The molecule has 4 rings (SSSR count). The fourth-order valence-corrected chi connectivity index (χ4v) is 3.59. The second-order valence-corrected chi connectivity index (χ2v) is 8.87. The van der Waals surface area contributed by atoms with Crippen LogP contribution in [-0.4, -0.2) is 41.3 Å². The summed E-state index contributed by atoms with van der Waals surface area (Å²) in [4.78, 5) is 23.1. The Bertz CT molecular complexity index is 1040. The molecule has 156 valence electrons. The Morgan fingerprint density at radius 2 is 1.90 bits per heavy atom. The summed E-state index contributed by atoms with van der Waals surface area (Å²) >= 11 is 0. The minimum absolute atomic E-state index is 0.280. The number of nitrogens with one attached hydrogen (secondary N) is 1. The Kier molecular flexibility index (Phi) is 5.57. The Morgan fingerprint density at radius 3 is 2.67 bits per heavy atom. The minimum Gasteiger partial charge on any atom is -0.450 e. The Balaban J connectivity index is 1.31. The standard InChI is InChI=1S/C24H28N4O2/c1-24(2,3)27-23(29)30-13-11-17-15-28(16-17)22-25-12-10-21(26-22)20-9-8-18-6-4-5-7-19(18)14-20/h4-10,12,14,17H,11,13,15-16H2,1-3H3,(H,27,29). The number of anilines is 1. The first-order chi connectivity index (χ1) is 14.4. The van der Waals surface area contributed by atoms with Gasteiger partial charge in [-0.25, -0.2) is 14.8 Å². The Hall–Kier alpha value is -3.15. The van der Waals surface area contributed by atoms with Gasteiger partial charge in [0.2, 0.25) is 5.95 Å². The number of hydrogen-bond acceptors (Lipinski definition) is 5. The van der Waals surface area contributed by atoms with E-state index in [1.54, 1.807) is 0 Å². The van der Waals surface area contributed by atoms with Crippen LogP contribution in [0.4, 0.5) is 10.7 Å². The molecule has 1 aliphatic heterocycles. The molecule has 2 aromatic carbocycles. The van der Waals surface area contributed by atoms with Gasteiger partial charge in [0.1, 0.15) is 0 Å². The SMILES string of the molecule is CC(C)(C)NC(=O)OCCC1CN(c2nccc(-c3ccc4ccccc4c3)n2)C1. The molecule has 6 heteroatoms. The number of rotatable bonds is 5. The molecule has 1 saturated heterocycles. The highest BCUT2D eigenvalue weighted by molar-refractivity contribution is 5.86. The molecular weight excluding hydrogens is 376 g/mol. The fourth-order valence-electron chi connectivity index (χ4n) is 3.59. The van der Waals surface area contributed by atoms with Gasteiger partial charge in [-0.05, 0) is 56.0 Å². The molecule has 0 unspecified atom stereocenters. The van der Waals surface area contributed by atoms with E-state index in [1.165, 1.54) is 10.8 Å². The largest absolute Gasteiger partial charge is 0.450 e. The van der Waals surface area contributed by atoms with Crippen molar-refractivity contribution in [2.24, 2.45) is 5.92 Å². The van der Waals surface area contributed by atoms with Gasteiger partial charge < -0.3 is 15.0 Å². The zero-order valence-corrected chi connectivity index (χ0v) is 17.8. The van der Waals surface area contributed by atoms with Gasteiger partial charge >= 0.3 is 6.09 Å². The maximum Gasteiger partial charge on any atom is 0.407 e. The van der Waals surface area contributed by atoms with E-state index < -0.39 is 0 Å². The number of carbonyl (C=O) groups is 1. The quantitative estimate of drug-likeness (QED) is 0.671. The topological polar surface area (TPSA) is 67.3 Å². The van der Waals surface area contributed by atoms with Crippen molar-refractivity contribution in [3.63, 3.8) is 0 Å². The molecule has 0 saturated carbocycles. The third-order valence-electron chi connectivity index (χ3n) is 5.16. The number of hydrogen-bond donors (Lipinski definition) is 1. The molecule has 0 radical (unpaired) electrons. The van der Waals surface area contributed by atoms with Crippen LogP contribution in [0.1, 0.15) is 27.2 Å². The van der Waals surface area contributed by atoms with Gasteiger partial charge in [0.05, 0.1) is 12.3 Å². The average molecular weight is 405 g/mol. The highest BCUT2D eigenvalue weighted by atomic mass is 16.5. The van der Waals surface area contributed by atoms with Crippen molar-refractivity contribution in [3.8, 4) is 11.3 Å². The van der Waals surface area contributed by atoms with Crippen molar-refractivity contribution in [2.75, 3.05) is 24.6 Å². The molecule has 1 N–H and O–H groups in total. The second kappa shape index (κ2) is 8.30. The summed E-state index contributed by atoms with van der Waals surface area (Å²) in [7, 11) is 0. The van der Waals surface area contributed by atoms with Gasteiger partial charge in [-0.15, -0.1) is 0 Å². The van der Waals surface area contributed by atoms with Crippen molar-refractivity contribution in [2.45, 2.75) is 32.7 Å². The predicted octanol–water partition coefficient (Wildman–Crippen LogP) is 4.65. The van der Waals surface area contributed by atoms with Gasteiger partial charge in [-0.3, -0.25) is 0 Å². The average Bonchev–Trinajstić information content (AvgIpc) is 2.68. The van der Waals surface area contributed by atoms with E-state index in [0.29, 0.717) is 12.5 Å². The molecule has 1 aliphatic rings. The van der Waals surface area contributed by atoms with Crippen molar-refractivity contribution >= 4 is 22.8 Å². The Labute approximate surface area is 177 Å².